The van der Waals surface area contributed by atoms with E-state index in [0.717, 1.165) is 44.1 Å². The van der Waals surface area contributed by atoms with Crippen LogP contribution in [-0.4, -0.2) is 22.4 Å². The highest BCUT2D eigenvalue weighted by Gasteiger charge is 2.12. The fourth-order valence-corrected chi connectivity index (χ4v) is 4.84. The van der Waals surface area contributed by atoms with E-state index in [9.17, 15) is 4.79 Å². The van der Waals surface area contributed by atoms with Gasteiger partial charge in [0.25, 0.3) is 0 Å². The third-order valence-corrected chi connectivity index (χ3v) is 7.20. The Morgan fingerprint density at radius 1 is 0.767 bits per heavy atom. The monoisotopic (exact) mass is 680 g/mol. The van der Waals surface area contributed by atoms with Crippen LogP contribution < -0.4 is 9.47 Å². The average molecular weight is 682 g/mol. The van der Waals surface area contributed by atoms with Crippen molar-refractivity contribution in [2.75, 3.05) is 6.61 Å². The standard InChI is InChI=1S/C20H19ClN2O3.C14H12BrClO/c1-2-25-20(24)18-10-11-23(22-18)13-16-12-17(21)8-9-19(16)26-14-15-6-4-3-5-7-15;15-9-12-8-13(16)6-7-14(12)17-10-11-4-2-1-3-5-11/h3-12H,2,13-14H2,1H3;1-8H,9-10H2. The Bertz CT molecular complexity index is 1600. The van der Waals surface area contributed by atoms with Crippen molar-refractivity contribution < 1.29 is 19.0 Å². The van der Waals surface area contributed by atoms with E-state index in [4.69, 9.17) is 37.4 Å². The molecule has 4 aromatic carbocycles. The average Bonchev–Trinajstić information content (AvgIpc) is 3.50. The number of alkyl halides is 1. The summed E-state index contributed by atoms with van der Waals surface area (Å²) in [6, 6.07) is 32.8. The Kier molecular flexibility index (Phi) is 12.5. The number of carbonyl (C=O) groups is 1. The Balaban J connectivity index is 0.000000215. The van der Waals surface area contributed by atoms with Gasteiger partial charge in [-0.25, -0.2) is 4.79 Å². The largest absolute Gasteiger partial charge is 0.489 e. The number of halogens is 3. The van der Waals surface area contributed by atoms with Gasteiger partial charge in [-0.05, 0) is 60.5 Å². The van der Waals surface area contributed by atoms with Gasteiger partial charge in [-0.3, -0.25) is 4.68 Å². The highest BCUT2D eigenvalue weighted by Crippen LogP contribution is 2.26. The molecule has 0 aliphatic rings. The van der Waals surface area contributed by atoms with Crippen LogP contribution in [0.3, 0.4) is 0 Å². The van der Waals surface area contributed by atoms with Crippen molar-refractivity contribution in [3.63, 3.8) is 0 Å². The lowest BCUT2D eigenvalue weighted by Gasteiger charge is -2.12. The van der Waals surface area contributed by atoms with E-state index in [1.165, 1.54) is 0 Å². The molecule has 0 bridgehead atoms. The molecule has 0 spiro atoms. The Labute approximate surface area is 270 Å². The molecule has 9 heteroatoms. The van der Waals surface area contributed by atoms with Crippen LogP contribution >= 0.6 is 39.1 Å². The zero-order valence-electron chi connectivity index (χ0n) is 23.6. The number of esters is 1. The van der Waals surface area contributed by atoms with Gasteiger partial charge in [0.15, 0.2) is 5.69 Å². The van der Waals surface area contributed by atoms with Crippen LogP contribution in [0.2, 0.25) is 10.0 Å². The van der Waals surface area contributed by atoms with Crippen molar-refractivity contribution in [3.05, 3.63) is 147 Å². The maximum absolute atomic E-state index is 11.7. The van der Waals surface area contributed by atoms with E-state index in [1.54, 1.807) is 29.9 Å². The number of carbonyl (C=O) groups excluding carboxylic acids is 1. The van der Waals surface area contributed by atoms with Gasteiger partial charge >= 0.3 is 5.97 Å². The highest BCUT2D eigenvalue weighted by atomic mass is 79.9. The zero-order valence-corrected chi connectivity index (χ0v) is 26.7. The molecule has 0 amide bonds. The van der Waals surface area contributed by atoms with Gasteiger partial charge in [0.05, 0.1) is 13.2 Å². The van der Waals surface area contributed by atoms with Crippen molar-refractivity contribution >= 4 is 45.1 Å². The zero-order chi connectivity index (χ0) is 30.4. The van der Waals surface area contributed by atoms with Gasteiger partial charge in [-0.15, -0.1) is 0 Å². The van der Waals surface area contributed by atoms with E-state index in [0.29, 0.717) is 31.4 Å². The lowest BCUT2D eigenvalue weighted by atomic mass is 10.2. The molecule has 5 aromatic rings. The molecule has 0 radical (unpaired) electrons. The molecule has 222 valence electrons. The minimum Gasteiger partial charge on any atom is -0.489 e. The van der Waals surface area contributed by atoms with Gasteiger partial charge in [0, 0.05) is 32.7 Å². The number of nitrogens with zero attached hydrogens (tertiary/aromatic N) is 2. The first kappa shape index (κ1) is 32.1. The molecule has 0 aliphatic carbocycles. The lowest BCUT2D eigenvalue weighted by molar-refractivity contribution is 0.0518. The summed E-state index contributed by atoms with van der Waals surface area (Å²) in [6.07, 6.45) is 1.73. The van der Waals surface area contributed by atoms with E-state index >= 15 is 0 Å². The SMILES string of the molecule is CCOC(=O)c1ccn(Cc2cc(Cl)ccc2OCc2ccccc2)n1.Clc1ccc(OCc2ccccc2)c(CBr)c1. The Hall–Kier alpha value is -3.78. The van der Waals surface area contributed by atoms with Crippen LogP contribution in [0.5, 0.6) is 11.5 Å². The predicted molar refractivity (Wildman–Crippen MR) is 174 cm³/mol. The minimum absolute atomic E-state index is 0.278. The Morgan fingerprint density at radius 3 is 1.84 bits per heavy atom. The number of ether oxygens (including phenoxy) is 3. The second-order valence-electron chi connectivity index (χ2n) is 9.31. The van der Waals surface area contributed by atoms with Crippen LogP contribution in [0.15, 0.2) is 109 Å². The van der Waals surface area contributed by atoms with Crippen molar-refractivity contribution in [1.82, 2.24) is 9.78 Å². The summed E-state index contributed by atoms with van der Waals surface area (Å²) in [6.45, 7) is 3.55. The molecule has 0 unspecified atom stereocenters. The van der Waals surface area contributed by atoms with Crippen LogP contribution in [0.4, 0.5) is 0 Å². The van der Waals surface area contributed by atoms with E-state index < -0.39 is 5.97 Å². The maximum Gasteiger partial charge on any atom is 0.358 e. The summed E-state index contributed by atoms with van der Waals surface area (Å²) in [7, 11) is 0. The summed E-state index contributed by atoms with van der Waals surface area (Å²) in [5.74, 6) is 1.17. The van der Waals surface area contributed by atoms with Crippen molar-refractivity contribution in [2.45, 2.75) is 32.0 Å². The third kappa shape index (κ3) is 10.2. The second-order valence-corrected chi connectivity index (χ2v) is 10.7. The molecule has 0 aliphatic heterocycles. The van der Waals surface area contributed by atoms with Crippen LogP contribution in [0.1, 0.15) is 39.7 Å². The quantitative estimate of drug-likeness (QED) is 0.103. The maximum atomic E-state index is 11.7. The van der Waals surface area contributed by atoms with Crippen LogP contribution in [0.25, 0.3) is 0 Å². The van der Waals surface area contributed by atoms with E-state index in [2.05, 4.69) is 21.0 Å². The summed E-state index contributed by atoms with van der Waals surface area (Å²) in [5, 5.41) is 6.33. The number of aromatic nitrogens is 2. The second kappa shape index (κ2) is 16.8. The van der Waals surface area contributed by atoms with Crippen LogP contribution in [0, 0.1) is 0 Å². The molecule has 43 heavy (non-hydrogen) atoms. The lowest BCUT2D eigenvalue weighted by Crippen LogP contribution is -2.08. The fraction of sp³-hybridized carbons (Fsp3) is 0.176. The molecule has 0 N–H and O–H groups in total. The predicted octanol–water partition coefficient (Wildman–Crippen LogP) is 9.15. The molecule has 1 aromatic heterocycles. The smallest absolute Gasteiger partial charge is 0.358 e. The van der Waals surface area contributed by atoms with E-state index in [-0.39, 0.29) is 5.69 Å². The Morgan fingerprint density at radius 2 is 1.30 bits per heavy atom. The molecule has 0 atom stereocenters. The normalized spacial score (nSPS) is 10.4. The van der Waals surface area contributed by atoms with Gasteiger partial charge in [-0.2, -0.15) is 5.10 Å². The summed E-state index contributed by atoms with van der Waals surface area (Å²) < 4.78 is 18.4. The van der Waals surface area contributed by atoms with Gasteiger partial charge in [0.1, 0.15) is 24.7 Å². The molecule has 5 rings (SSSR count). The van der Waals surface area contributed by atoms with Gasteiger partial charge in [0.2, 0.25) is 0 Å². The summed E-state index contributed by atoms with van der Waals surface area (Å²) >= 11 is 15.5. The summed E-state index contributed by atoms with van der Waals surface area (Å²) in [4.78, 5) is 11.7. The molecular formula is C34H31BrCl2N2O4. The topological polar surface area (TPSA) is 62.6 Å². The molecule has 6 nitrogen and oxygen atoms in total. The molecule has 0 saturated heterocycles. The molecular weight excluding hydrogens is 651 g/mol. The van der Waals surface area contributed by atoms with Crippen molar-refractivity contribution in [1.29, 1.82) is 0 Å². The van der Waals surface area contributed by atoms with Crippen molar-refractivity contribution in [3.8, 4) is 11.5 Å². The fourth-order valence-electron chi connectivity index (χ4n) is 4.01. The molecule has 0 fully saturated rings. The third-order valence-electron chi connectivity index (χ3n) is 6.12. The number of rotatable bonds is 11. The minimum atomic E-state index is -0.433. The molecule has 0 saturated carbocycles. The highest BCUT2D eigenvalue weighted by molar-refractivity contribution is 9.08. The van der Waals surface area contributed by atoms with E-state index in [1.807, 2.05) is 91.0 Å². The first-order chi connectivity index (χ1) is 20.9. The van der Waals surface area contributed by atoms with Gasteiger partial charge < -0.3 is 14.2 Å². The summed E-state index contributed by atoms with van der Waals surface area (Å²) in [5.41, 5.74) is 4.46. The van der Waals surface area contributed by atoms with Gasteiger partial charge in [-0.1, -0.05) is 99.8 Å². The molecule has 1 heterocycles. The van der Waals surface area contributed by atoms with Crippen LogP contribution in [-0.2, 0) is 29.8 Å². The number of hydrogen-bond acceptors (Lipinski definition) is 5. The first-order valence-electron chi connectivity index (χ1n) is 13.6. The number of benzene rings is 4. The van der Waals surface area contributed by atoms with Crippen molar-refractivity contribution in [2.24, 2.45) is 0 Å². The number of hydrogen-bond donors (Lipinski definition) is 0. The first-order valence-corrected chi connectivity index (χ1v) is 15.5.